The molecule has 2 rings (SSSR count). The summed E-state index contributed by atoms with van der Waals surface area (Å²) in [4.78, 5) is 0. The van der Waals surface area contributed by atoms with Crippen LogP contribution in [0.5, 0.6) is 0 Å². The smallest absolute Gasteiger partial charge is 0.0633 e. The van der Waals surface area contributed by atoms with Gasteiger partial charge < -0.3 is 9.84 Å². The summed E-state index contributed by atoms with van der Waals surface area (Å²) in [5, 5.41) is 10.0. The maximum Gasteiger partial charge on any atom is 0.0633 e. The molecule has 2 saturated heterocycles. The first-order valence-corrected chi connectivity index (χ1v) is 5.71. The van der Waals surface area contributed by atoms with Gasteiger partial charge in [-0.05, 0) is 32.1 Å². The molecule has 2 bridgehead atoms. The van der Waals surface area contributed by atoms with E-state index in [-0.39, 0.29) is 6.10 Å². The van der Waals surface area contributed by atoms with Crippen molar-refractivity contribution in [3.63, 3.8) is 0 Å². The summed E-state index contributed by atoms with van der Waals surface area (Å²) < 4.78 is 5.73. The van der Waals surface area contributed by atoms with E-state index < -0.39 is 0 Å². The Hall–Kier alpha value is -0.340. The minimum absolute atomic E-state index is 0.224. The molecular weight excluding hydrogens is 176 g/mol. The van der Waals surface area contributed by atoms with Crippen LogP contribution in [0, 0.1) is 5.92 Å². The number of aliphatic hydroxyl groups excluding tert-OH is 1. The average Bonchev–Trinajstić information content (AvgIpc) is 2.78. The number of ether oxygens (including phenoxy) is 1. The van der Waals surface area contributed by atoms with Gasteiger partial charge >= 0.3 is 0 Å². The summed E-state index contributed by atoms with van der Waals surface area (Å²) in [7, 11) is 0. The Morgan fingerprint density at radius 1 is 1.57 bits per heavy atom. The van der Waals surface area contributed by atoms with Crippen LogP contribution < -0.4 is 0 Å². The van der Waals surface area contributed by atoms with Gasteiger partial charge in [-0.1, -0.05) is 19.1 Å². The van der Waals surface area contributed by atoms with Gasteiger partial charge in [0.05, 0.1) is 18.3 Å². The van der Waals surface area contributed by atoms with Crippen molar-refractivity contribution < 1.29 is 9.84 Å². The maximum atomic E-state index is 10.0. The normalized spacial score (nSPS) is 37.4. The lowest BCUT2D eigenvalue weighted by Gasteiger charge is -2.24. The number of rotatable bonds is 4. The molecule has 80 valence electrons. The van der Waals surface area contributed by atoms with Crippen LogP contribution in [0.4, 0.5) is 0 Å². The van der Waals surface area contributed by atoms with Gasteiger partial charge in [0.25, 0.3) is 0 Å². The van der Waals surface area contributed by atoms with Crippen LogP contribution >= 0.6 is 0 Å². The second-order valence-corrected chi connectivity index (χ2v) is 4.65. The van der Waals surface area contributed by atoms with E-state index in [0.717, 1.165) is 31.3 Å². The highest BCUT2D eigenvalue weighted by molar-refractivity contribution is 5.00. The molecule has 2 nitrogen and oxygen atoms in total. The van der Waals surface area contributed by atoms with Crippen molar-refractivity contribution in [3.8, 4) is 0 Å². The fourth-order valence-electron chi connectivity index (χ4n) is 2.67. The van der Waals surface area contributed by atoms with Crippen molar-refractivity contribution in [1.29, 1.82) is 0 Å². The Morgan fingerprint density at radius 3 is 2.86 bits per heavy atom. The Kier molecular flexibility index (Phi) is 2.93. The largest absolute Gasteiger partial charge is 0.392 e. The van der Waals surface area contributed by atoms with Crippen LogP contribution in [-0.2, 0) is 4.74 Å². The SMILES string of the molecule is C=C(CC)CC(O)C1CC2CCC1O2. The summed E-state index contributed by atoms with van der Waals surface area (Å²) in [6.07, 6.45) is 5.68. The molecule has 0 saturated carbocycles. The molecule has 0 radical (unpaired) electrons. The summed E-state index contributed by atoms with van der Waals surface area (Å²) >= 11 is 0. The first-order chi connectivity index (χ1) is 6.70. The van der Waals surface area contributed by atoms with Crippen molar-refractivity contribution in [2.75, 3.05) is 0 Å². The fraction of sp³-hybridized carbons (Fsp3) is 0.833. The van der Waals surface area contributed by atoms with Crippen LogP contribution in [-0.4, -0.2) is 23.4 Å². The predicted molar refractivity (Wildman–Crippen MR) is 56.1 cm³/mol. The quantitative estimate of drug-likeness (QED) is 0.699. The van der Waals surface area contributed by atoms with Crippen LogP contribution in [0.15, 0.2) is 12.2 Å². The van der Waals surface area contributed by atoms with Crippen LogP contribution in [0.3, 0.4) is 0 Å². The molecule has 0 aromatic carbocycles. The minimum atomic E-state index is -0.224. The Balaban J connectivity index is 1.86. The van der Waals surface area contributed by atoms with Gasteiger partial charge in [-0.2, -0.15) is 0 Å². The summed E-state index contributed by atoms with van der Waals surface area (Å²) in [6, 6.07) is 0. The van der Waals surface area contributed by atoms with Crippen molar-refractivity contribution >= 4 is 0 Å². The van der Waals surface area contributed by atoms with Gasteiger partial charge in [-0.3, -0.25) is 0 Å². The lowest BCUT2D eigenvalue weighted by Crippen LogP contribution is -2.29. The Bertz CT molecular complexity index is 224. The Labute approximate surface area is 86.0 Å². The third-order valence-corrected chi connectivity index (χ3v) is 3.65. The molecule has 0 aliphatic carbocycles. The number of hydrogen-bond donors (Lipinski definition) is 1. The van der Waals surface area contributed by atoms with E-state index in [1.807, 2.05) is 0 Å². The van der Waals surface area contributed by atoms with E-state index in [4.69, 9.17) is 4.74 Å². The lowest BCUT2D eigenvalue weighted by atomic mass is 9.83. The molecule has 0 aromatic rings. The van der Waals surface area contributed by atoms with Gasteiger partial charge in [-0.25, -0.2) is 0 Å². The van der Waals surface area contributed by atoms with Gasteiger partial charge in [0.2, 0.25) is 0 Å². The van der Waals surface area contributed by atoms with Crippen molar-refractivity contribution in [3.05, 3.63) is 12.2 Å². The molecule has 2 aliphatic heterocycles. The zero-order valence-corrected chi connectivity index (χ0v) is 8.91. The third kappa shape index (κ3) is 1.86. The van der Waals surface area contributed by atoms with Crippen molar-refractivity contribution in [2.24, 2.45) is 5.92 Å². The van der Waals surface area contributed by atoms with Crippen LogP contribution in [0.1, 0.15) is 39.0 Å². The van der Waals surface area contributed by atoms with Crippen molar-refractivity contribution in [1.82, 2.24) is 0 Å². The molecule has 4 atom stereocenters. The summed E-state index contributed by atoms with van der Waals surface area (Å²) in [5.41, 5.74) is 1.15. The topological polar surface area (TPSA) is 29.5 Å². The molecule has 2 heteroatoms. The van der Waals surface area contributed by atoms with E-state index in [1.165, 1.54) is 6.42 Å². The van der Waals surface area contributed by atoms with E-state index in [9.17, 15) is 5.11 Å². The second kappa shape index (κ2) is 4.03. The minimum Gasteiger partial charge on any atom is -0.392 e. The molecule has 4 unspecified atom stereocenters. The molecule has 2 aliphatic rings. The number of hydrogen-bond acceptors (Lipinski definition) is 2. The third-order valence-electron chi connectivity index (χ3n) is 3.65. The highest BCUT2D eigenvalue weighted by atomic mass is 16.5. The summed E-state index contributed by atoms with van der Waals surface area (Å²) in [5.74, 6) is 0.372. The molecule has 0 amide bonds. The highest BCUT2D eigenvalue weighted by Crippen LogP contribution is 2.41. The van der Waals surface area contributed by atoms with Gasteiger partial charge in [0.15, 0.2) is 0 Å². The molecule has 14 heavy (non-hydrogen) atoms. The molecule has 0 aromatic heterocycles. The second-order valence-electron chi connectivity index (χ2n) is 4.65. The van der Waals surface area contributed by atoms with Crippen molar-refractivity contribution in [2.45, 2.75) is 57.3 Å². The monoisotopic (exact) mass is 196 g/mol. The van der Waals surface area contributed by atoms with E-state index in [0.29, 0.717) is 18.1 Å². The molecular formula is C12H20O2. The molecule has 0 spiro atoms. The zero-order chi connectivity index (χ0) is 10.1. The Morgan fingerprint density at radius 2 is 2.36 bits per heavy atom. The number of fused-ring (bicyclic) bond motifs is 2. The summed E-state index contributed by atoms with van der Waals surface area (Å²) in [6.45, 7) is 6.04. The molecule has 2 fully saturated rings. The van der Waals surface area contributed by atoms with Gasteiger partial charge in [0, 0.05) is 5.92 Å². The van der Waals surface area contributed by atoms with E-state index in [2.05, 4.69) is 13.5 Å². The highest BCUT2D eigenvalue weighted by Gasteiger charge is 2.43. The maximum absolute atomic E-state index is 10.0. The van der Waals surface area contributed by atoms with Gasteiger partial charge in [-0.15, -0.1) is 0 Å². The first-order valence-electron chi connectivity index (χ1n) is 5.71. The van der Waals surface area contributed by atoms with E-state index >= 15 is 0 Å². The fourth-order valence-corrected chi connectivity index (χ4v) is 2.67. The van der Waals surface area contributed by atoms with E-state index in [1.54, 1.807) is 0 Å². The zero-order valence-electron chi connectivity index (χ0n) is 8.91. The van der Waals surface area contributed by atoms with Crippen LogP contribution in [0.2, 0.25) is 0 Å². The standard InChI is InChI=1S/C12H20O2/c1-3-8(2)6-11(13)10-7-9-4-5-12(10)14-9/h9-13H,2-7H2,1H3. The van der Waals surface area contributed by atoms with Gasteiger partial charge in [0.1, 0.15) is 0 Å². The van der Waals surface area contributed by atoms with Crippen LogP contribution in [0.25, 0.3) is 0 Å². The first kappa shape index (κ1) is 10.2. The molecule has 1 N–H and O–H groups in total. The number of aliphatic hydroxyl groups is 1. The average molecular weight is 196 g/mol. The lowest BCUT2D eigenvalue weighted by molar-refractivity contribution is 0.0429. The predicted octanol–water partition coefficient (Wildman–Crippen LogP) is 2.27. The molecule has 2 heterocycles.